The first kappa shape index (κ1) is 26.9. The quantitative estimate of drug-likeness (QED) is 0.549. The zero-order chi connectivity index (χ0) is 26.9. The minimum absolute atomic E-state index is 0.0477. The summed E-state index contributed by atoms with van der Waals surface area (Å²) in [7, 11) is 3.54. The molecule has 0 unspecified atom stereocenters. The van der Waals surface area contributed by atoms with Crippen molar-refractivity contribution >= 4 is 29.0 Å². The molecule has 0 saturated carbocycles. The predicted octanol–water partition coefficient (Wildman–Crippen LogP) is 2.73. The van der Waals surface area contributed by atoms with Crippen molar-refractivity contribution in [2.24, 2.45) is 5.92 Å². The lowest BCUT2D eigenvalue weighted by molar-refractivity contribution is -0.137. The number of benzene rings is 1. The van der Waals surface area contributed by atoms with Crippen LogP contribution in [-0.2, 0) is 15.8 Å². The van der Waals surface area contributed by atoms with Gasteiger partial charge in [0, 0.05) is 57.8 Å². The Balaban J connectivity index is 1.74. The summed E-state index contributed by atoms with van der Waals surface area (Å²) in [5.41, 5.74) is 1.86. The van der Waals surface area contributed by atoms with Crippen molar-refractivity contribution < 1.29 is 22.8 Å². The Hall–Kier alpha value is -3.18. The minimum atomic E-state index is -4.60. The normalized spacial score (nSPS) is 20.1. The Labute approximate surface area is 214 Å². The molecule has 37 heavy (non-hydrogen) atoms. The summed E-state index contributed by atoms with van der Waals surface area (Å²) in [6.45, 7) is 6.80. The molecule has 0 radical (unpaired) electrons. The first-order valence-corrected chi connectivity index (χ1v) is 12.4. The lowest BCUT2D eigenvalue weighted by atomic mass is 9.95. The SMILES string of the molecule is CNCCNCCN1C[C@H]2CC(=O)N(c3cc(C(F)(F)F)cc(C)n3)[C@@H]2C(=O)N(C)c2cccc(C)c21. The summed E-state index contributed by atoms with van der Waals surface area (Å²) < 4.78 is 40.6. The molecule has 3 heterocycles. The number of aromatic nitrogens is 1. The maximum atomic E-state index is 13.8. The van der Waals surface area contributed by atoms with Gasteiger partial charge < -0.3 is 20.4 Å². The molecule has 0 aliphatic carbocycles. The number of pyridine rings is 1. The Kier molecular flexibility index (Phi) is 7.75. The first-order valence-electron chi connectivity index (χ1n) is 12.4. The fourth-order valence-electron chi connectivity index (χ4n) is 5.26. The van der Waals surface area contributed by atoms with Gasteiger partial charge in [-0.15, -0.1) is 0 Å². The van der Waals surface area contributed by atoms with Crippen LogP contribution in [-0.4, -0.2) is 69.7 Å². The van der Waals surface area contributed by atoms with E-state index in [2.05, 4.69) is 20.5 Å². The van der Waals surface area contributed by atoms with Crippen LogP contribution in [0.25, 0.3) is 0 Å². The van der Waals surface area contributed by atoms with Gasteiger partial charge in [0.1, 0.15) is 11.9 Å². The van der Waals surface area contributed by atoms with Crippen LogP contribution in [0.2, 0.25) is 0 Å². The molecule has 2 amide bonds. The largest absolute Gasteiger partial charge is 0.416 e. The van der Waals surface area contributed by atoms with E-state index < -0.39 is 29.6 Å². The lowest BCUT2D eigenvalue weighted by Crippen LogP contribution is -2.53. The Morgan fingerprint density at radius 3 is 2.57 bits per heavy atom. The van der Waals surface area contributed by atoms with Crippen LogP contribution in [0.1, 0.15) is 23.2 Å². The van der Waals surface area contributed by atoms with E-state index in [0.29, 0.717) is 25.3 Å². The summed E-state index contributed by atoms with van der Waals surface area (Å²) in [5.74, 6) is -1.30. The smallest absolute Gasteiger partial charge is 0.368 e. The van der Waals surface area contributed by atoms with E-state index in [4.69, 9.17) is 0 Å². The van der Waals surface area contributed by atoms with Gasteiger partial charge >= 0.3 is 6.18 Å². The number of rotatable bonds is 7. The third kappa shape index (κ3) is 5.42. The molecule has 2 N–H and O–H groups in total. The molecule has 1 aromatic carbocycles. The van der Waals surface area contributed by atoms with E-state index in [1.807, 2.05) is 32.2 Å². The number of halogens is 3. The zero-order valence-corrected chi connectivity index (χ0v) is 21.5. The third-order valence-corrected chi connectivity index (χ3v) is 6.99. The summed E-state index contributed by atoms with van der Waals surface area (Å²) in [6.07, 6.45) is -4.55. The van der Waals surface area contributed by atoms with Gasteiger partial charge in [0.05, 0.1) is 16.9 Å². The van der Waals surface area contributed by atoms with Crippen LogP contribution in [0.4, 0.5) is 30.4 Å². The molecule has 0 bridgehead atoms. The number of amides is 2. The molecule has 2 aromatic rings. The number of carbonyl (C=O) groups is 2. The van der Waals surface area contributed by atoms with Gasteiger partial charge in [-0.3, -0.25) is 14.5 Å². The molecule has 4 rings (SSSR count). The van der Waals surface area contributed by atoms with Crippen molar-refractivity contribution in [2.45, 2.75) is 32.5 Å². The molecule has 1 aromatic heterocycles. The van der Waals surface area contributed by atoms with Gasteiger partial charge in [0.2, 0.25) is 11.8 Å². The molecule has 0 spiro atoms. The van der Waals surface area contributed by atoms with Crippen molar-refractivity contribution in [3.8, 4) is 0 Å². The summed E-state index contributed by atoms with van der Waals surface area (Å²) >= 11 is 0. The summed E-state index contributed by atoms with van der Waals surface area (Å²) in [4.78, 5) is 36.2. The van der Waals surface area contributed by atoms with E-state index >= 15 is 0 Å². The molecule has 11 heteroatoms. The predicted molar refractivity (Wildman–Crippen MR) is 137 cm³/mol. The standard InChI is InChI=1S/C26H33F3N6O2/c1-16-6-5-7-20-23(16)34(11-10-31-9-8-30-3)15-18-13-22(36)35(24(18)25(37)33(20)4)21-14-19(26(27,28)29)12-17(2)32-21/h5-7,12,14,18,24,30-31H,8-11,13,15H2,1-4H3/t18-,24+/m1/s1. The van der Waals surface area contributed by atoms with Crippen molar-refractivity contribution in [3.05, 3.63) is 47.2 Å². The van der Waals surface area contributed by atoms with E-state index in [1.54, 1.807) is 7.05 Å². The number of hydrogen-bond acceptors (Lipinski definition) is 6. The Bertz CT molecular complexity index is 1170. The molecule has 2 aliphatic rings. The van der Waals surface area contributed by atoms with Crippen molar-refractivity contribution in [1.82, 2.24) is 15.6 Å². The number of fused-ring (bicyclic) bond motifs is 2. The lowest BCUT2D eigenvalue weighted by Gasteiger charge is -2.39. The highest BCUT2D eigenvalue weighted by Gasteiger charge is 2.49. The Morgan fingerprint density at radius 2 is 1.86 bits per heavy atom. The Morgan fingerprint density at radius 1 is 1.11 bits per heavy atom. The minimum Gasteiger partial charge on any atom is -0.368 e. The fourth-order valence-corrected chi connectivity index (χ4v) is 5.26. The van der Waals surface area contributed by atoms with E-state index in [9.17, 15) is 22.8 Å². The molecular weight excluding hydrogens is 485 g/mol. The maximum absolute atomic E-state index is 13.8. The number of likely N-dealkylation sites (N-methyl/N-ethyl adjacent to an activating group) is 2. The average Bonchev–Trinajstić information content (AvgIpc) is 3.15. The van der Waals surface area contributed by atoms with Gasteiger partial charge in [-0.05, 0) is 44.7 Å². The highest BCUT2D eigenvalue weighted by Crippen LogP contribution is 2.41. The fraction of sp³-hybridized carbons (Fsp3) is 0.500. The zero-order valence-electron chi connectivity index (χ0n) is 21.5. The van der Waals surface area contributed by atoms with Gasteiger partial charge in [0.15, 0.2) is 0 Å². The number of nitrogens with one attached hydrogen (secondary N) is 2. The second kappa shape index (κ2) is 10.7. The highest BCUT2D eigenvalue weighted by molar-refractivity contribution is 6.10. The first-order chi connectivity index (χ1) is 17.5. The number of hydrogen-bond donors (Lipinski definition) is 2. The molecule has 200 valence electrons. The number of para-hydroxylation sites is 1. The van der Waals surface area contributed by atoms with Crippen LogP contribution in [0.15, 0.2) is 30.3 Å². The van der Waals surface area contributed by atoms with Gasteiger partial charge in [-0.2, -0.15) is 13.2 Å². The van der Waals surface area contributed by atoms with Crippen molar-refractivity contribution in [3.63, 3.8) is 0 Å². The van der Waals surface area contributed by atoms with E-state index in [1.165, 1.54) is 16.7 Å². The second-order valence-electron chi connectivity index (χ2n) is 9.67. The topological polar surface area (TPSA) is 80.8 Å². The van der Waals surface area contributed by atoms with Gasteiger partial charge in [-0.25, -0.2) is 4.98 Å². The van der Waals surface area contributed by atoms with Crippen LogP contribution < -0.4 is 25.3 Å². The van der Waals surface area contributed by atoms with Crippen molar-refractivity contribution in [2.75, 3.05) is 61.5 Å². The molecule has 8 nitrogen and oxygen atoms in total. The molecule has 2 aliphatic heterocycles. The summed E-state index contributed by atoms with van der Waals surface area (Å²) in [5, 5.41) is 6.48. The van der Waals surface area contributed by atoms with Gasteiger partial charge in [0.25, 0.3) is 0 Å². The number of anilines is 3. The molecule has 1 fully saturated rings. The third-order valence-electron chi connectivity index (χ3n) is 6.99. The van der Waals surface area contributed by atoms with Crippen LogP contribution in [0.3, 0.4) is 0 Å². The van der Waals surface area contributed by atoms with Crippen LogP contribution in [0.5, 0.6) is 0 Å². The number of aryl methyl sites for hydroxylation is 2. The molecule has 1 saturated heterocycles. The molecule has 2 atom stereocenters. The van der Waals surface area contributed by atoms with E-state index in [0.717, 1.165) is 36.5 Å². The monoisotopic (exact) mass is 518 g/mol. The number of nitrogens with zero attached hydrogens (tertiary/aromatic N) is 4. The highest BCUT2D eigenvalue weighted by atomic mass is 19.4. The van der Waals surface area contributed by atoms with Crippen molar-refractivity contribution in [1.29, 1.82) is 0 Å². The molecular formula is C26H33F3N6O2. The number of alkyl halides is 3. The number of carbonyl (C=O) groups excluding carboxylic acids is 2. The van der Waals surface area contributed by atoms with Crippen LogP contribution >= 0.6 is 0 Å². The average molecular weight is 519 g/mol. The summed E-state index contributed by atoms with van der Waals surface area (Å²) in [6, 6.07) is 6.56. The second-order valence-corrected chi connectivity index (χ2v) is 9.67. The maximum Gasteiger partial charge on any atom is 0.416 e. The van der Waals surface area contributed by atoms with E-state index in [-0.39, 0.29) is 23.8 Å². The van der Waals surface area contributed by atoms with Gasteiger partial charge in [-0.1, -0.05) is 12.1 Å². The van der Waals surface area contributed by atoms with Crippen LogP contribution in [0, 0.1) is 19.8 Å².